The molecule has 1 saturated heterocycles. The smallest absolute Gasteiger partial charge is 0.244 e. The van der Waals surface area contributed by atoms with Gasteiger partial charge in [-0.15, -0.1) is 0 Å². The minimum absolute atomic E-state index is 0.0156. The molecule has 0 bridgehead atoms. The lowest BCUT2D eigenvalue weighted by molar-refractivity contribution is 0.116. The summed E-state index contributed by atoms with van der Waals surface area (Å²) in [6.45, 7) is 0.754. The fraction of sp³-hybridized carbons (Fsp3) is 0.385. The largest absolute Gasteiger partial charge is 0.380 e. The highest BCUT2D eigenvalue weighted by molar-refractivity contribution is 9.10. The Bertz CT molecular complexity index is 599. The molecule has 5 nitrogen and oxygen atoms in total. The van der Waals surface area contributed by atoms with Crippen molar-refractivity contribution in [1.29, 1.82) is 0 Å². The van der Waals surface area contributed by atoms with Gasteiger partial charge in [0.2, 0.25) is 11.7 Å². The van der Waals surface area contributed by atoms with Crippen LogP contribution in [0.1, 0.15) is 18.4 Å². The predicted octanol–water partition coefficient (Wildman–Crippen LogP) is 2.69. The van der Waals surface area contributed by atoms with Gasteiger partial charge in [-0.2, -0.15) is 4.98 Å². The van der Waals surface area contributed by atoms with E-state index >= 15 is 0 Å². The van der Waals surface area contributed by atoms with E-state index in [-0.39, 0.29) is 18.0 Å². The van der Waals surface area contributed by atoms with Crippen LogP contribution in [0.25, 0.3) is 11.4 Å². The molecule has 0 aliphatic carbocycles. The van der Waals surface area contributed by atoms with Crippen LogP contribution in [0.4, 0.5) is 4.39 Å². The van der Waals surface area contributed by atoms with Crippen molar-refractivity contribution in [3.05, 3.63) is 34.4 Å². The molecule has 1 aliphatic rings. The summed E-state index contributed by atoms with van der Waals surface area (Å²) >= 11 is 3.25. The predicted molar refractivity (Wildman–Crippen MR) is 73.5 cm³/mol. The average Bonchev–Trinajstić information content (AvgIpc) is 3.06. The summed E-state index contributed by atoms with van der Waals surface area (Å²) in [6.07, 6.45) is 0.934. The Morgan fingerprint density at radius 1 is 1.45 bits per heavy atom. The van der Waals surface area contributed by atoms with Crippen LogP contribution in [0, 0.1) is 5.82 Å². The Kier molecular flexibility index (Phi) is 3.82. The van der Waals surface area contributed by atoms with Crippen LogP contribution in [0.3, 0.4) is 0 Å². The molecule has 7 heteroatoms. The second kappa shape index (κ2) is 5.59. The number of hydrogen-bond donors (Lipinski definition) is 1. The van der Waals surface area contributed by atoms with Gasteiger partial charge in [-0.1, -0.05) is 21.1 Å². The minimum atomic E-state index is -0.348. The van der Waals surface area contributed by atoms with Gasteiger partial charge in [-0.05, 0) is 24.6 Å². The molecule has 1 aromatic carbocycles. The second-order valence-corrected chi connectivity index (χ2v) is 5.58. The van der Waals surface area contributed by atoms with Gasteiger partial charge in [0, 0.05) is 23.7 Å². The third-order valence-corrected chi connectivity index (χ3v) is 3.74. The maximum atomic E-state index is 13.4. The van der Waals surface area contributed by atoms with Crippen LogP contribution >= 0.6 is 15.9 Å². The van der Waals surface area contributed by atoms with E-state index in [0.717, 1.165) is 13.0 Å². The number of nitrogens with zero attached hydrogens (tertiary/aromatic N) is 2. The highest BCUT2D eigenvalue weighted by Gasteiger charge is 2.29. The van der Waals surface area contributed by atoms with Crippen LogP contribution in [0.2, 0.25) is 0 Å². The first-order valence-corrected chi connectivity index (χ1v) is 7.01. The average molecular weight is 342 g/mol. The molecule has 0 saturated carbocycles. The van der Waals surface area contributed by atoms with Crippen LogP contribution < -0.4 is 5.32 Å². The van der Waals surface area contributed by atoms with E-state index in [1.54, 1.807) is 13.2 Å². The van der Waals surface area contributed by atoms with Gasteiger partial charge in [0.1, 0.15) is 5.82 Å². The van der Waals surface area contributed by atoms with E-state index in [9.17, 15) is 4.39 Å². The number of aromatic nitrogens is 2. The first-order valence-electron chi connectivity index (χ1n) is 6.22. The fourth-order valence-electron chi connectivity index (χ4n) is 2.25. The molecule has 2 aromatic rings. The summed E-state index contributed by atoms with van der Waals surface area (Å²) in [5.41, 5.74) is 0.577. The van der Waals surface area contributed by atoms with Gasteiger partial charge in [0.05, 0.1) is 12.1 Å². The highest BCUT2D eigenvalue weighted by atomic mass is 79.9. The van der Waals surface area contributed by atoms with Crippen molar-refractivity contribution in [2.75, 3.05) is 13.7 Å². The Labute approximate surface area is 123 Å². The molecular formula is C13H13BrFN3O2. The molecule has 3 rings (SSSR count). The van der Waals surface area contributed by atoms with Crippen molar-refractivity contribution in [2.45, 2.75) is 18.6 Å². The Morgan fingerprint density at radius 2 is 2.30 bits per heavy atom. The van der Waals surface area contributed by atoms with E-state index in [1.165, 1.54) is 12.1 Å². The summed E-state index contributed by atoms with van der Waals surface area (Å²) in [6, 6.07) is 4.49. The van der Waals surface area contributed by atoms with E-state index in [4.69, 9.17) is 9.26 Å². The molecular weight excluding hydrogens is 329 g/mol. The third kappa shape index (κ3) is 2.74. The van der Waals surface area contributed by atoms with Gasteiger partial charge in [-0.25, -0.2) is 4.39 Å². The zero-order valence-corrected chi connectivity index (χ0v) is 12.4. The van der Waals surface area contributed by atoms with E-state index in [2.05, 4.69) is 31.4 Å². The summed E-state index contributed by atoms with van der Waals surface area (Å²) < 4.78 is 24.5. The second-order valence-electron chi connectivity index (χ2n) is 4.67. The number of rotatable bonds is 3. The first-order chi connectivity index (χ1) is 9.65. The molecule has 1 aromatic heterocycles. The zero-order valence-electron chi connectivity index (χ0n) is 10.8. The van der Waals surface area contributed by atoms with Crippen molar-refractivity contribution in [1.82, 2.24) is 15.5 Å². The first kappa shape index (κ1) is 13.7. The maximum absolute atomic E-state index is 13.4. The van der Waals surface area contributed by atoms with Crippen molar-refractivity contribution >= 4 is 15.9 Å². The van der Waals surface area contributed by atoms with Gasteiger partial charge in [-0.3, -0.25) is 0 Å². The SMILES string of the molecule is CO[C@@H]1CN[C@@H](c2nc(-c3cc(F)cc(Br)c3)no2)C1. The molecule has 0 amide bonds. The van der Waals surface area contributed by atoms with Crippen molar-refractivity contribution in [3.8, 4) is 11.4 Å². The highest BCUT2D eigenvalue weighted by Crippen LogP contribution is 2.27. The lowest BCUT2D eigenvalue weighted by Gasteiger charge is -2.04. The van der Waals surface area contributed by atoms with Crippen molar-refractivity contribution in [2.24, 2.45) is 0 Å². The number of methoxy groups -OCH3 is 1. The van der Waals surface area contributed by atoms with E-state index < -0.39 is 0 Å². The van der Waals surface area contributed by atoms with Crippen LogP contribution in [-0.4, -0.2) is 29.9 Å². The lowest BCUT2D eigenvalue weighted by atomic mass is 10.2. The van der Waals surface area contributed by atoms with Crippen molar-refractivity contribution in [3.63, 3.8) is 0 Å². The molecule has 0 spiro atoms. The number of halogens is 2. The van der Waals surface area contributed by atoms with Gasteiger partial charge in [0.15, 0.2) is 0 Å². The molecule has 20 heavy (non-hydrogen) atoms. The topological polar surface area (TPSA) is 60.2 Å². The van der Waals surface area contributed by atoms with Crippen LogP contribution in [0.15, 0.2) is 27.2 Å². The van der Waals surface area contributed by atoms with Crippen LogP contribution in [-0.2, 0) is 4.74 Å². The Balaban J connectivity index is 1.83. The maximum Gasteiger partial charge on any atom is 0.244 e. The molecule has 1 aliphatic heterocycles. The summed E-state index contributed by atoms with van der Waals surface area (Å²) in [5, 5.41) is 7.17. The van der Waals surface area contributed by atoms with E-state index in [1.807, 2.05) is 0 Å². The molecule has 1 fully saturated rings. The zero-order chi connectivity index (χ0) is 14.1. The van der Waals surface area contributed by atoms with Crippen LogP contribution in [0.5, 0.6) is 0 Å². The van der Waals surface area contributed by atoms with Gasteiger partial charge < -0.3 is 14.6 Å². The summed E-state index contributed by atoms with van der Waals surface area (Å²) in [5.74, 6) is 0.530. The molecule has 2 atom stereocenters. The normalized spacial score (nSPS) is 22.4. The number of ether oxygens (including phenoxy) is 1. The molecule has 106 valence electrons. The minimum Gasteiger partial charge on any atom is -0.380 e. The van der Waals surface area contributed by atoms with Gasteiger partial charge >= 0.3 is 0 Å². The number of benzene rings is 1. The molecule has 0 radical (unpaired) electrons. The van der Waals surface area contributed by atoms with Gasteiger partial charge in [0.25, 0.3) is 0 Å². The quantitative estimate of drug-likeness (QED) is 0.929. The Morgan fingerprint density at radius 3 is 3.00 bits per heavy atom. The lowest BCUT2D eigenvalue weighted by Crippen LogP contribution is -2.16. The summed E-state index contributed by atoms with van der Waals surface area (Å²) in [4.78, 5) is 4.33. The number of hydrogen-bond acceptors (Lipinski definition) is 5. The third-order valence-electron chi connectivity index (χ3n) is 3.28. The molecule has 0 unspecified atom stereocenters. The number of nitrogens with one attached hydrogen (secondary N) is 1. The van der Waals surface area contributed by atoms with Crippen molar-refractivity contribution < 1.29 is 13.7 Å². The Hall–Kier alpha value is -1.31. The molecule has 1 N–H and O–H groups in total. The van der Waals surface area contributed by atoms with E-state index in [0.29, 0.717) is 21.8 Å². The summed E-state index contributed by atoms with van der Waals surface area (Å²) in [7, 11) is 1.68. The molecule has 2 heterocycles. The monoisotopic (exact) mass is 341 g/mol. The fourth-order valence-corrected chi connectivity index (χ4v) is 2.71. The standard InChI is InChI=1S/C13H13BrFN3O2/c1-19-10-5-11(16-6-10)13-17-12(18-20-13)7-2-8(14)4-9(15)3-7/h2-4,10-11,16H,5-6H2,1H3/t10-,11+/m0/s1.